The van der Waals surface area contributed by atoms with E-state index in [2.05, 4.69) is 21.8 Å². The lowest BCUT2D eigenvalue weighted by atomic mass is 9.78. The van der Waals surface area contributed by atoms with Crippen molar-refractivity contribution >= 4 is 17.0 Å². The number of hydrogen-bond acceptors (Lipinski definition) is 5. The quantitative estimate of drug-likeness (QED) is 0.701. The van der Waals surface area contributed by atoms with Crippen LogP contribution in [0.3, 0.4) is 0 Å². The van der Waals surface area contributed by atoms with E-state index in [1.165, 1.54) is 18.5 Å². The van der Waals surface area contributed by atoms with Crippen molar-refractivity contribution in [2.24, 2.45) is 11.8 Å². The molecule has 146 valence electrons. The maximum absolute atomic E-state index is 10.6. The molecule has 1 aromatic rings. The van der Waals surface area contributed by atoms with Gasteiger partial charge in [-0.1, -0.05) is 25.3 Å². The number of hydrogen-bond donors (Lipinski definition) is 1. The second-order valence-electron chi connectivity index (χ2n) is 7.13. The van der Waals surface area contributed by atoms with Gasteiger partial charge in [0.25, 0.3) is 0 Å². The van der Waals surface area contributed by atoms with E-state index in [1.807, 2.05) is 12.1 Å². The summed E-state index contributed by atoms with van der Waals surface area (Å²) in [7, 11) is 0. The lowest BCUT2D eigenvalue weighted by molar-refractivity contribution is 0.122. The van der Waals surface area contributed by atoms with Gasteiger partial charge in [-0.25, -0.2) is 4.72 Å². The Morgan fingerprint density at radius 2 is 2.00 bits per heavy atom. The minimum Gasteiger partial charge on any atom is -0.760 e. The van der Waals surface area contributed by atoms with Gasteiger partial charge in [0, 0.05) is 42.7 Å². The lowest BCUT2D eigenvalue weighted by Crippen LogP contribution is -2.36. The molecule has 1 heterocycles. The molecule has 3 unspecified atom stereocenters. The number of nitrogens with one attached hydrogen (secondary N) is 1. The molecule has 3 atom stereocenters. The highest BCUT2D eigenvalue weighted by atomic mass is 32.2. The number of rotatable bonds is 8. The molecule has 1 aromatic carbocycles. The average Bonchev–Trinajstić information content (AvgIpc) is 2.68. The van der Waals surface area contributed by atoms with Crippen molar-refractivity contribution in [3.05, 3.63) is 24.3 Å². The second-order valence-corrected chi connectivity index (χ2v) is 7.89. The molecule has 3 rings (SSSR count). The summed E-state index contributed by atoms with van der Waals surface area (Å²) in [5.74, 6) is 1.94. The first-order valence-corrected chi connectivity index (χ1v) is 10.7. The van der Waals surface area contributed by atoms with Crippen LogP contribution < -0.4 is 14.4 Å². The van der Waals surface area contributed by atoms with Crippen molar-refractivity contribution in [1.82, 2.24) is 4.72 Å². The molecular weight excluding hydrogens is 352 g/mol. The molecule has 1 saturated heterocycles. The maximum Gasteiger partial charge on any atom is 0.121 e. The van der Waals surface area contributed by atoms with E-state index in [1.54, 1.807) is 0 Å². The fourth-order valence-corrected chi connectivity index (χ4v) is 4.29. The van der Waals surface area contributed by atoms with Crippen LogP contribution in [-0.4, -0.2) is 48.2 Å². The fourth-order valence-electron chi connectivity index (χ4n) is 4.01. The summed E-state index contributed by atoms with van der Waals surface area (Å²) >= 11 is -2.16. The molecule has 1 N–H and O–H groups in total. The van der Waals surface area contributed by atoms with Gasteiger partial charge in [-0.15, -0.1) is 0 Å². The molecule has 0 amide bonds. The normalized spacial score (nSPS) is 25.0. The molecule has 2 fully saturated rings. The van der Waals surface area contributed by atoms with Gasteiger partial charge in [0.2, 0.25) is 0 Å². The van der Waals surface area contributed by atoms with E-state index in [4.69, 9.17) is 9.47 Å². The average molecular weight is 382 g/mol. The summed E-state index contributed by atoms with van der Waals surface area (Å²) in [6.45, 7) is 4.61. The third kappa shape index (κ3) is 5.94. The number of ether oxygens (including phenoxy) is 2. The Hall–Kier alpha value is -1.15. The number of benzene rings is 1. The summed E-state index contributed by atoms with van der Waals surface area (Å²) < 4.78 is 35.3. The first-order chi connectivity index (χ1) is 12.7. The Balaban J connectivity index is 1.52. The first kappa shape index (κ1) is 19.6. The summed E-state index contributed by atoms with van der Waals surface area (Å²) in [6, 6.07) is 8.30. The minimum absolute atomic E-state index is 0.498. The SMILES string of the molecule is O=S([O-])NCCC1CCCCC1COc1cccc(N2CCOCC2)c1. The topological polar surface area (TPSA) is 73.9 Å². The molecule has 2 aliphatic rings. The van der Waals surface area contributed by atoms with Gasteiger partial charge >= 0.3 is 0 Å². The zero-order chi connectivity index (χ0) is 18.2. The Morgan fingerprint density at radius 1 is 1.23 bits per heavy atom. The van der Waals surface area contributed by atoms with E-state index in [0.29, 0.717) is 25.0 Å². The van der Waals surface area contributed by atoms with Crippen LogP contribution in [0.5, 0.6) is 5.75 Å². The maximum atomic E-state index is 10.6. The lowest BCUT2D eigenvalue weighted by Gasteiger charge is -2.32. The highest BCUT2D eigenvalue weighted by Crippen LogP contribution is 2.33. The van der Waals surface area contributed by atoms with Crippen molar-refractivity contribution in [1.29, 1.82) is 0 Å². The van der Waals surface area contributed by atoms with Crippen LogP contribution in [0.15, 0.2) is 24.3 Å². The Bertz CT molecular complexity index is 580. The fraction of sp³-hybridized carbons (Fsp3) is 0.684. The molecule has 0 bridgehead atoms. The monoisotopic (exact) mass is 381 g/mol. The van der Waals surface area contributed by atoms with E-state index in [-0.39, 0.29) is 0 Å². The van der Waals surface area contributed by atoms with Crippen LogP contribution in [-0.2, 0) is 16.0 Å². The summed E-state index contributed by atoms with van der Waals surface area (Å²) in [6.07, 6.45) is 5.67. The van der Waals surface area contributed by atoms with Crippen LogP contribution in [0.1, 0.15) is 32.1 Å². The standard InChI is InChI=1S/C19H30N2O4S/c22-26(23)20-9-8-16-4-1-2-5-17(16)15-25-19-7-3-6-18(14-19)21-10-12-24-13-11-21/h3,6-7,14,16-17,20H,1-2,4-5,8-13,15H2,(H,22,23)/p-1. The Kier molecular flexibility index (Phi) is 7.73. The van der Waals surface area contributed by atoms with Gasteiger partial charge in [0.1, 0.15) is 5.75 Å². The number of morpholine rings is 1. The number of nitrogens with zero attached hydrogens (tertiary/aromatic N) is 1. The molecule has 0 radical (unpaired) electrons. The van der Waals surface area contributed by atoms with Gasteiger partial charge in [0.05, 0.1) is 19.8 Å². The van der Waals surface area contributed by atoms with Crippen LogP contribution in [0.4, 0.5) is 5.69 Å². The Morgan fingerprint density at radius 3 is 2.77 bits per heavy atom. The molecule has 7 heteroatoms. The van der Waals surface area contributed by atoms with Gasteiger partial charge in [-0.2, -0.15) is 0 Å². The molecular formula is C19H29N2O4S-. The van der Waals surface area contributed by atoms with E-state index in [0.717, 1.165) is 51.3 Å². The van der Waals surface area contributed by atoms with Crippen LogP contribution in [0.25, 0.3) is 0 Å². The van der Waals surface area contributed by atoms with Crippen molar-refractivity contribution in [2.75, 3.05) is 44.4 Å². The Labute approximate surface area is 158 Å². The summed E-state index contributed by atoms with van der Waals surface area (Å²) in [5, 5.41) is 0. The molecule has 0 aromatic heterocycles. The van der Waals surface area contributed by atoms with Crippen molar-refractivity contribution < 1.29 is 18.2 Å². The van der Waals surface area contributed by atoms with Crippen LogP contribution in [0, 0.1) is 11.8 Å². The smallest absolute Gasteiger partial charge is 0.121 e. The predicted molar refractivity (Wildman–Crippen MR) is 102 cm³/mol. The molecule has 26 heavy (non-hydrogen) atoms. The second kappa shape index (κ2) is 10.3. The van der Waals surface area contributed by atoms with Crippen molar-refractivity contribution in [2.45, 2.75) is 32.1 Å². The van der Waals surface area contributed by atoms with Crippen molar-refractivity contribution in [3.8, 4) is 5.75 Å². The molecule has 1 aliphatic carbocycles. The van der Waals surface area contributed by atoms with Gasteiger partial charge in [0.15, 0.2) is 0 Å². The molecule has 6 nitrogen and oxygen atoms in total. The van der Waals surface area contributed by atoms with Crippen LogP contribution in [0.2, 0.25) is 0 Å². The van der Waals surface area contributed by atoms with Gasteiger partial charge in [-0.3, -0.25) is 4.21 Å². The van der Waals surface area contributed by atoms with Gasteiger partial charge < -0.3 is 18.9 Å². The number of anilines is 1. The van der Waals surface area contributed by atoms with E-state index < -0.39 is 11.3 Å². The molecule has 0 spiro atoms. The zero-order valence-corrected chi connectivity index (χ0v) is 16.0. The predicted octanol–water partition coefficient (Wildman–Crippen LogP) is 2.48. The third-order valence-electron chi connectivity index (χ3n) is 5.46. The summed E-state index contributed by atoms with van der Waals surface area (Å²) in [5.41, 5.74) is 1.19. The van der Waals surface area contributed by atoms with Crippen LogP contribution >= 0.6 is 0 Å². The third-order valence-corrected chi connectivity index (χ3v) is 5.90. The zero-order valence-electron chi connectivity index (χ0n) is 15.2. The van der Waals surface area contributed by atoms with Gasteiger partial charge in [-0.05, 0) is 36.8 Å². The summed E-state index contributed by atoms with van der Waals surface area (Å²) in [4.78, 5) is 2.33. The molecule has 1 aliphatic heterocycles. The largest absolute Gasteiger partial charge is 0.760 e. The minimum atomic E-state index is -2.16. The van der Waals surface area contributed by atoms with E-state index in [9.17, 15) is 8.76 Å². The highest BCUT2D eigenvalue weighted by Gasteiger charge is 2.25. The van der Waals surface area contributed by atoms with E-state index >= 15 is 0 Å². The molecule has 1 saturated carbocycles. The van der Waals surface area contributed by atoms with Crippen molar-refractivity contribution in [3.63, 3.8) is 0 Å². The highest BCUT2D eigenvalue weighted by molar-refractivity contribution is 7.77. The first-order valence-electron chi connectivity index (χ1n) is 9.60.